The van der Waals surface area contributed by atoms with Crippen molar-refractivity contribution in [1.29, 1.82) is 0 Å². The summed E-state index contributed by atoms with van der Waals surface area (Å²) in [4.78, 5) is 22.3. The number of benzene rings is 2. The number of amides is 1. The Kier molecular flexibility index (Phi) is 5.09. The first-order chi connectivity index (χ1) is 12.0. The largest absolute Gasteiger partial charge is 0.465 e. The average molecular weight is 358 g/mol. The molecule has 4 nitrogen and oxygen atoms in total. The fraction of sp³-hybridized carbons (Fsp3) is 0.300. The van der Waals surface area contributed by atoms with Crippen LogP contribution in [0.15, 0.2) is 48.5 Å². The fourth-order valence-electron chi connectivity index (χ4n) is 3.85. The predicted octanol–water partition coefficient (Wildman–Crippen LogP) is 4.63. The van der Waals surface area contributed by atoms with E-state index in [1.165, 1.54) is 0 Å². The SMILES string of the molecule is O=Cc1cccc(C(CNC(=O)O)C2(c3ccc(Cl)cc3)CCC2)c1. The lowest BCUT2D eigenvalue weighted by Crippen LogP contribution is -2.45. The van der Waals surface area contributed by atoms with Gasteiger partial charge in [0.05, 0.1) is 0 Å². The third-order valence-electron chi connectivity index (χ3n) is 5.24. The van der Waals surface area contributed by atoms with Crippen molar-refractivity contribution in [3.8, 4) is 0 Å². The van der Waals surface area contributed by atoms with E-state index in [9.17, 15) is 9.59 Å². The summed E-state index contributed by atoms with van der Waals surface area (Å²) in [7, 11) is 0. The van der Waals surface area contributed by atoms with Gasteiger partial charge in [-0.25, -0.2) is 4.79 Å². The lowest BCUT2D eigenvalue weighted by atomic mass is 9.56. The van der Waals surface area contributed by atoms with Crippen LogP contribution < -0.4 is 5.32 Å². The normalized spacial score (nSPS) is 16.5. The zero-order chi connectivity index (χ0) is 17.9. The van der Waals surface area contributed by atoms with Crippen molar-refractivity contribution in [3.63, 3.8) is 0 Å². The van der Waals surface area contributed by atoms with Gasteiger partial charge in [-0.2, -0.15) is 0 Å². The standard InChI is InChI=1S/C20H20ClNO3/c21-17-7-5-16(6-8-17)20(9-2-10-20)18(12-22-19(24)25)15-4-1-3-14(11-15)13-23/h1,3-8,11,13,18,22H,2,9-10,12H2,(H,24,25). The number of rotatable bonds is 6. The minimum atomic E-state index is -1.04. The second-order valence-corrected chi connectivity index (χ2v) is 6.98. The minimum Gasteiger partial charge on any atom is -0.465 e. The topological polar surface area (TPSA) is 66.4 Å². The number of carbonyl (C=O) groups is 2. The van der Waals surface area contributed by atoms with Gasteiger partial charge >= 0.3 is 6.09 Å². The summed E-state index contributed by atoms with van der Waals surface area (Å²) in [5.41, 5.74) is 2.60. The van der Waals surface area contributed by atoms with E-state index in [0.717, 1.165) is 36.7 Å². The highest BCUT2D eigenvalue weighted by Crippen LogP contribution is 2.53. The molecule has 0 saturated heterocycles. The van der Waals surface area contributed by atoms with E-state index in [4.69, 9.17) is 16.7 Å². The molecule has 25 heavy (non-hydrogen) atoms. The minimum absolute atomic E-state index is 0.0431. The molecule has 1 aliphatic rings. The van der Waals surface area contributed by atoms with Gasteiger partial charge in [-0.05, 0) is 42.2 Å². The first-order valence-corrected chi connectivity index (χ1v) is 8.71. The van der Waals surface area contributed by atoms with Gasteiger partial charge in [0, 0.05) is 28.5 Å². The van der Waals surface area contributed by atoms with Gasteiger partial charge in [0.2, 0.25) is 0 Å². The number of aldehydes is 1. The highest BCUT2D eigenvalue weighted by Gasteiger charge is 2.46. The summed E-state index contributed by atoms with van der Waals surface area (Å²) >= 11 is 6.03. The van der Waals surface area contributed by atoms with E-state index in [0.29, 0.717) is 17.1 Å². The lowest BCUT2D eigenvalue weighted by molar-refractivity contribution is 0.112. The summed E-state index contributed by atoms with van der Waals surface area (Å²) in [5.74, 6) is -0.0431. The highest BCUT2D eigenvalue weighted by molar-refractivity contribution is 6.30. The molecule has 1 aliphatic carbocycles. The summed E-state index contributed by atoms with van der Waals surface area (Å²) in [5, 5.41) is 12.3. The molecule has 0 spiro atoms. The van der Waals surface area contributed by atoms with Gasteiger partial charge < -0.3 is 10.4 Å². The third-order valence-corrected chi connectivity index (χ3v) is 5.49. The van der Waals surface area contributed by atoms with Gasteiger partial charge in [0.15, 0.2) is 0 Å². The van der Waals surface area contributed by atoms with Crippen molar-refractivity contribution >= 4 is 24.0 Å². The van der Waals surface area contributed by atoms with E-state index in [2.05, 4.69) is 5.32 Å². The Morgan fingerprint density at radius 2 is 1.96 bits per heavy atom. The summed E-state index contributed by atoms with van der Waals surface area (Å²) in [6, 6.07) is 15.2. The molecule has 0 bridgehead atoms. The van der Waals surface area contributed by atoms with Gasteiger partial charge in [0.25, 0.3) is 0 Å². The summed E-state index contributed by atoms with van der Waals surface area (Å²) < 4.78 is 0. The Balaban J connectivity index is 2.03. The molecular weight excluding hydrogens is 338 g/mol. The molecule has 1 amide bonds. The van der Waals surface area contributed by atoms with Crippen LogP contribution in [0.25, 0.3) is 0 Å². The predicted molar refractivity (Wildman–Crippen MR) is 97.6 cm³/mol. The van der Waals surface area contributed by atoms with Crippen molar-refractivity contribution in [1.82, 2.24) is 5.32 Å². The monoisotopic (exact) mass is 357 g/mol. The Morgan fingerprint density at radius 1 is 1.24 bits per heavy atom. The van der Waals surface area contributed by atoms with Crippen molar-refractivity contribution < 1.29 is 14.7 Å². The molecule has 3 rings (SSSR count). The second kappa shape index (κ2) is 7.28. The molecule has 0 aromatic heterocycles. The van der Waals surface area contributed by atoms with Crippen LogP contribution in [0.5, 0.6) is 0 Å². The van der Waals surface area contributed by atoms with Gasteiger partial charge in [-0.3, -0.25) is 4.79 Å². The van der Waals surface area contributed by atoms with E-state index in [1.807, 2.05) is 42.5 Å². The first-order valence-electron chi connectivity index (χ1n) is 8.33. The first kappa shape index (κ1) is 17.5. The van der Waals surface area contributed by atoms with Crippen LogP contribution in [0, 0.1) is 0 Å². The highest BCUT2D eigenvalue weighted by atomic mass is 35.5. The molecule has 1 saturated carbocycles. The molecule has 1 fully saturated rings. The van der Waals surface area contributed by atoms with Crippen LogP contribution in [0.2, 0.25) is 5.02 Å². The lowest BCUT2D eigenvalue weighted by Gasteiger charge is -2.49. The zero-order valence-corrected chi connectivity index (χ0v) is 14.5. The molecule has 5 heteroatoms. The van der Waals surface area contributed by atoms with Crippen molar-refractivity contribution in [2.45, 2.75) is 30.6 Å². The maximum Gasteiger partial charge on any atom is 0.404 e. The van der Waals surface area contributed by atoms with E-state index in [1.54, 1.807) is 6.07 Å². The van der Waals surface area contributed by atoms with E-state index in [-0.39, 0.29) is 11.3 Å². The van der Waals surface area contributed by atoms with Crippen LogP contribution in [-0.2, 0) is 5.41 Å². The van der Waals surface area contributed by atoms with Crippen molar-refractivity contribution in [3.05, 3.63) is 70.2 Å². The summed E-state index contributed by atoms with van der Waals surface area (Å²) in [6.07, 6.45) is 2.83. The van der Waals surface area contributed by atoms with Crippen molar-refractivity contribution in [2.75, 3.05) is 6.54 Å². The van der Waals surface area contributed by atoms with Crippen molar-refractivity contribution in [2.24, 2.45) is 0 Å². The Hall–Kier alpha value is -2.33. The molecule has 1 unspecified atom stereocenters. The fourth-order valence-corrected chi connectivity index (χ4v) is 3.97. The van der Waals surface area contributed by atoms with Crippen LogP contribution in [0.3, 0.4) is 0 Å². The molecule has 130 valence electrons. The molecule has 0 aliphatic heterocycles. The molecule has 0 radical (unpaired) electrons. The zero-order valence-electron chi connectivity index (χ0n) is 13.7. The molecule has 2 aromatic carbocycles. The van der Waals surface area contributed by atoms with Crippen LogP contribution in [0.4, 0.5) is 4.79 Å². The van der Waals surface area contributed by atoms with Crippen LogP contribution in [-0.4, -0.2) is 24.0 Å². The Bertz CT molecular complexity index is 769. The number of nitrogens with one attached hydrogen (secondary N) is 1. The number of hydrogen-bond donors (Lipinski definition) is 2. The maximum atomic E-state index is 11.2. The Labute approximate surface area is 151 Å². The van der Waals surface area contributed by atoms with Crippen LogP contribution in [0.1, 0.15) is 46.7 Å². The number of hydrogen-bond acceptors (Lipinski definition) is 2. The van der Waals surface area contributed by atoms with E-state index >= 15 is 0 Å². The molecular formula is C20H20ClNO3. The maximum absolute atomic E-state index is 11.2. The van der Waals surface area contributed by atoms with Gasteiger partial charge in [0.1, 0.15) is 6.29 Å². The number of halogens is 1. The smallest absolute Gasteiger partial charge is 0.404 e. The molecule has 1 atom stereocenters. The number of carboxylic acid groups (broad SMARTS) is 1. The van der Waals surface area contributed by atoms with Gasteiger partial charge in [-0.1, -0.05) is 48.4 Å². The molecule has 2 N–H and O–H groups in total. The third kappa shape index (κ3) is 3.54. The van der Waals surface area contributed by atoms with E-state index < -0.39 is 6.09 Å². The molecule has 2 aromatic rings. The second-order valence-electron chi connectivity index (χ2n) is 6.54. The Morgan fingerprint density at radius 3 is 2.52 bits per heavy atom. The van der Waals surface area contributed by atoms with Gasteiger partial charge in [-0.15, -0.1) is 0 Å². The quantitative estimate of drug-likeness (QED) is 0.741. The summed E-state index contributed by atoms with van der Waals surface area (Å²) in [6.45, 7) is 0.306. The molecule has 0 heterocycles. The number of carbonyl (C=O) groups excluding carboxylic acids is 1. The average Bonchev–Trinajstić information content (AvgIpc) is 2.58. The van der Waals surface area contributed by atoms with Crippen LogP contribution >= 0.6 is 11.6 Å².